The summed E-state index contributed by atoms with van der Waals surface area (Å²) in [5, 5.41) is 4.12. The van der Waals surface area contributed by atoms with Gasteiger partial charge in [0.2, 0.25) is 11.8 Å². The third-order valence-electron chi connectivity index (χ3n) is 6.02. The highest BCUT2D eigenvalue weighted by atomic mass is 79.9. The number of anilines is 1. The van der Waals surface area contributed by atoms with Crippen molar-refractivity contribution in [3.05, 3.63) is 28.0 Å². The molecule has 2 N–H and O–H groups in total. The Kier molecular flexibility index (Phi) is 5.08. The van der Waals surface area contributed by atoms with E-state index in [2.05, 4.69) is 26.6 Å². The number of carbonyl (C=O) groups is 3. The molecule has 0 bridgehead atoms. The normalized spacial score (nSPS) is 27.7. The maximum Gasteiger partial charge on any atom is 0.416 e. The van der Waals surface area contributed by atoms with E-state index in [9.17, 15) is 31.9 Å². The third-order valence-corrected chi connectivity index (χ3v) is 6.63. The number of fused-ring (bicyclic) bond motifs is 4. The van der Waals surface area contributed by atoms with Gasteiger partial charge in [0, 0.05) is 5.69 Å². The van der Waals surface area contributed by atoms with E-state index in [0.29, 0.717) is 5.56 Å². The number of rotatable bonds is 1. The molecule has 3 heterocycles. The van der Waals surface area contributed by atoms with Crippen LogP contribution in [0.3, 0.4) is 0 Å². The van der Waals surface area contributed by atoms with Gasteiger partial charge in [-0.25, -0.2) is 9.18 Å². The van der Waals surface area contributed by atoms with Gasteiger partial charge in [0.05, 0.1) is 23.2 Å². The Bertz CT molecular complexity index is 964. The van der Waals surface area contributed by atoms with Crippen LogP contribution in [0.15, 0.2) is 16.6 Å². The molecule has 31 heavy (non-hydrogen) atoms. The van der Waals surface area contributed by atoms with Crippen molar-refractivity contribution >= 4 is 39.5 Å². The SMILES string of the molecule is CC(C)[C@@H]1O[C@H](C(F)(F)F)CN2c3cc(F)c(Br)cc3CC3(C(=O)NC(=O)NC3=O)[C@@H]12. The van der Waals surface area contributed by atoms with E-state index >= 15 is 0 Å². The van der Waals surface area contributed by atoms with Gasteiger partial charge in [0.1, 0.15) is 5.82 Å². The van der Waals surface area contributed by atoms with Crippen LogP contribution in [0.25, 0.3) is 0 Å². The number of alkyl halides is 3. The molecule has 0 radical (unpaired) electrons. The van der Waals surface area contributed by atoms with Gasteiger partial charge in [-0.15, -0.1) is 0 Å². The molecule has 1 spiro atoms. The van der Waals surface area contributed by atoms with Crippen LogP contribution in [0.4, 0.5) is 28.0 Å². The number of ether oxygens (including phenoxy) is 1. The van der Waals surface area contributed by atoms with E-state index in [1.807, 2.05) is 0 Å². The summed E-state index contributed by atoms with van der Waals surface area (Å²) >= 11 is 3.04. The van der Waals surface area contributed by atoms with Crippen molar-refractivity contribution in [3.8, 4) is 0 Å². The lowest BCUT2D eigenvalue weighted by Crippen LogP contribution is -2.76. The summed E-state index contributed by atoms with van der Waals surface area (Å²) in [6, 6.07) is 0.220. The molecule has 4 rings (SSSR count). The van der Waals surface area contributed by atoms with Crippen molar-refractivity contribution in [2.24, 2.45) is 11.3 Å². The Morgan fingerprint density at radius 2 is 1.81 bits per heavy atom. The van der Waals surface area contributed by atoms with Crippen LogP contribution in [0, 0.1) is 17.2 Å². The molecule has 0 unspecified atom stereocenters. The van der Waals surface area contributed by atoms with E-state index in [4.69, 9.17) is 4.74 Å². The van der Waals surface area contributed by atoms with Gasteiger partial charge >= 0.3 is 12.2 Å². The molecule has 0 aromatic heterocycles. The van der Waals surface area contributed by atoms with Crippen LogP contribution >= 0.6 is 15.9 Å². The number of carbonyl (C=O) groups excluding carboxylic acids is 3. The van der Waals surface area contributed by atoms with E-state index in [1.165, 1.54) is 11.0 Å². The van der Waals surface area contributed by atoms with Crippen molar-refractivity contribution in [1.29, 1.82) is 0 Å². The fourth-order valence-corrected chi connectivity index (χ4v) is 5.05. The van der Waals surface area contributed by atoms with E-state index in [-0.39, 0.29) is 16.6 Å². The van der Waals surface area contributed by atoms with Crippen molar-refractivity contribution in [3.63, 3.8) is 0 Å². The number of urea groups is 1. The number of nitrogens with one attached hydrogen (secondary N) is 2. The number of benzene rings is 1. The van der Waals surface area contributed by atoms with Gasteiger partial charge in [-0.1, -0.05) is 13.8 Å². The molecular formula is C19H18BrF4N3O4. The Balaban J connectivity index is 1.96. The molecular weight excluding hydrogens is 490 g/mol. The number of hydrogen-bond acceptors (Lipinski definition) is 5. The standard InChI is InChI=1S/C19H18BrF4N3O4/c1-7(2)13-14-18(15(28)25-17(30)26-16(18)29)5-8-3-9(20)10(21)4-11(8)27(14)6-12(31-13)19(22,23)24/h3-4,7,12-14H,5-6H2,1-2H3,(H2,25,26,28,29,30)/t12-,13-,14+/m0/s1. The van der Waals surface area contributed by atoms with Crippen molar-refractivity contribution in [2.45, 2.75) is 44.7 Å². The van der Waals surface area contributed by atoms with Gasteiger partial charge in [-0.3, -0.25) is 20.2 Å². The summed E-state index contributed by atoms with van der Waals surface area (Å²) in [7, 11) is 0. The summed E-state index contributed by atoms with van der Waals surface area (Å²) in [6.07, 6.45) is -8.37. The molecule has 7 nitrogen and oxygen atoms in total. The van der Waals surface area contributed by atoms with Crippen LogP contribution < -0.4 is 15.5 Å². The van der Waals surface area contributed by atoms with Gasteiger partial charge in [0.15, 0.2) is 11.5 Å². The Morgan fingerprint density at radius 3 is 2.35 bits per heavy atom. The molecule has 3 aliphatic rings. The van der Waals surface area contributed by atoms with Crippen LogP contribution in [-0.2, 0) is 20.7 Å². The van der Waals surface area contributed by atoms with Gasteiger partial charge in [-0.05, 0) is 46.0 Å². The highest BCUT2D eigenvalue weighted by molar-refractivity contribution is 9.10. The number of barbiturate groups is 1. The lowest BCUT2D eigenvalue weighted by molar-refractivity contribution is -0.250. The number of morpholine rings is 1. The van der Waals surface area contributed by atoms with Crippen LogP contribution in [0.2, 0.25) is 0 Å². The number of amides is 4. The largest absolute Gasteiger partial charge is 0.416 e. The summed E-state index contributed by atoms with van der Waals surface area (Å²) in [6.45, 7) is 2.48. The zero-order chi connectivity index (χ0) is 22.9. The lowest BCUT2D eigenvalue weighted by atomic mass is 9.65. The first kappa shape index (κ1) is 22.0. The second-order valence-electron chi connectivity index (χ2n) is 8.25. The smallest absolute Gasteiger partial charge is 0.361 e. The van der Waals surface area contributed by atoms with Crippen LogP contribution in [0.5, 0.6) is 0 Å². The molecule has 0 aliphatic carbocycles. The topological polar surface area (TPSA) is 87.7 Å². The minimum atomic E-state index is -4.72. The molecule has 1 aromatic carbocycles. The van der Waals surface area contributed by atoms with Gasteiger partial charge < -0.3 is 9.64 Å². The molecule has 168 valence electrons. The van der Waals surface area contributed by atoms with Crippen LogP contribution in [-0.4, -0.2) is 48.8 Å². The average Bonchev–Trinajstić information content (AvgIpc) is 2.65. The Hall–Kier alpha value is -2.21. The molecule has 1 aromatic rings. The fourth-order valence-electron chi connectivity index (χ4n) is 4.66. The highest BCUT2D eigenvalue weighted by Crippen LogP contribution is 2.50. The van der Waals surface area contributed by atoms with E-state index < -0.39 is 66.0 Å². The summed E-state index contributed by atoms with van der Waals surface area (Å²) in [4.78, 5) is 39.1. The number of halogens is 5. The molecule has 3 aliphatic heterocycles. The predicted molar refractivity (Wildman–Crippen MR) is 103 cm³/mol. The second-order valence-corrected chi connectivity index (χ2v) is 9.11. The van der Waals surface area contributed by atoms with Crippen LogP contribution in [0.1, 0.15) is 19.4 Å². The Morgan fingerprint density at radius 1 is 1.19 bits per heavy atom. The highest BCUT2D eigenvalue weighted by Gasteiger charge is 2.65. The minimum absolute atomic E-state index is 0.0357. The second kappa shape index (κ2) is 7.16. The minimum Gasteiger partial charge on any atom is -0.361 e. The lowest BCUT2D eigenvalue weighted by Gasteiger charge is -2.57. The van der Waals surface area contributed by atoms with Gasteiger partial charge in [0.25, 0.3) is 0 Å². The van der Waals surface area contributed by atoms with Crippen molar-refractivity contribution in [2.75, 3.05) is 11.4 Å². The summed E-state index contributed by atoms with van der Waals surface area (Å²) in [5.74, 6) is -3.09. The molecule has 3 atom stereocenters. The van der Waals surface area contributed by atoms with E-state index in [1.54, 1.807) is 13.8 Å². The van der Waals surface area contributed by atoms with Gasteiger partial charge in [-0.2, -0.15) is 13.2 Å². The predicted octanol–water partition coefficient (Wildman–Crippen LogP) is 2.66. The number of nitrogens with zero attached hydrogens (tertiary/aromatic N) is 1. The Labute approximate surface area is 182 Å². The monoisotopic (exact) mass is 507 g/mol. The zero-order valence-electron chi connectivity index (χ0n) is 16.3. The van der Waals surface area contributed by atoms with E-state index in [0.717, 1.165) is 6.07 Å². The maximum absolute atomic E-state index is 14.4. The first-order valence-electron chi connectivity index (χ1n) is 9.50. The quantitative estimate of drug-likeness (QED) is 0.450. The first-order valence-corrected chi connectivity index (χ1v) is 10.3. The molecule has 2 fully saturated rings. The number of hydrogen-bond donors (Lipinski definition) is 2. The molecule has 2 saturated heterocycles. The molecule has 4 amide bonds. The molecule has 0 saturated carbocycles. The third kappa shape index (κ3) is 3.30. The van der Waals surface area contributed by atoms with Crippen molar-refractivity contribution < 1.29 is 36.7 Å². The van der Waals surface area contributed by atoms with Crippen molar-refractivity contribution in [1.82, 2.24) is 10.6 Å². The molecule has 12 heteroatoms. The first-order chi connectivity index (χ1) is 14.4. The number of imide groups is 2. The summed E-state index contributed by atoms with van der Waals surface area (Å²) in [5.41, 5.74) is -1.49. The maximum atomic E-state index is 14.4. The average molecular weight is 508 g/mol. The fraction of sp³-hybridized carbons (Fsp3) is 0.526. The summed E-state index contributed by atoms with van der Waals surface area (Å²) < 4.78 is 60.8. The zero-order valence-corrected chi connectivity index (χ0v) is 17.9.